The molecule has 0 spiro atoms. The van der Waals surface area contributed by atoms with Gasteiger partial charge < -0.3 is 10.4 Å². The van der Waals surface area contributed by atoms with Crippen molar-refractivity contribution >= 4 is 22.4 Å². The first kappa shape index (κ1) is 25.4. The Hall–Kier alpha value is -1.87. The van der Waals surface area contributed by atoms with Crippen molar-refractivity contribution in [2.24, 2.45) is 0 Å². The van der Waals surface area contributed by atoms with E-state index in [4.69, 9.17) is 0 Å². The Morgan fingerprint density at radius 1 is 0.774 bits per heavy atom. The van der Waals surface area contributed by atoms with Gasteiger partial charge in [-0.3, -0.25) is 4.79 Å². The predicted octanol–water partition coefficient (Wildman–Crippen LogP) is 8.01. The van der Waals surface area contributed by atoms with Gasteiger partial charge in [-0.05, 0) is 42.2 Å². The predicted molar refractivity (Wildman–Crippen MR) is 134 cm³/mol. The molecule has 0 aliphatic carbocycles. The van der Waals surface area contributed by atoms with Crippen LogP contribution in [0.15, 0.2) is 42.5 Å². The number of benzene rings is 2. The van der Waals surface area contributed by atoms with E-state index in [0.717, 1.165) is 43.2 Å². The molecular formula is C28H43NO2. The number of carbonyl (C=O) groups is 1. The summed E-state index contributed by atoms with van der Waals surface area (Å²) in [6.45, 7) is 2.22. The van der Waals surface area contributed by atoms with E-state index in [2.05, 4.69) is 30.4 Å². The van der Waals surface area contributed by atoms with Crippen molar-refractivity contribution in [1.82, 2.24) is 0 Å². The molecule has 2 aromatic rings. The number of unbranched alkanes of at least 4 members (excludes halogenated alkanes) is 10. The van der Waals surface area contributed by atoms with E-state index in [0.29, 0.717) is 6.42 Å². The van der Waals surface area contributed by atoms with Crippen molar-refractivity contribution in [3.8, 4) is 0 Å². The van der Waals surface area contributed by atoms with Crippen LogP contribution in [0.4, 0.5) is 5.69 Å². The molecule has 0 bridgehead atoms. The fourth-order valence-electron chi connectivity index (χ4n) is 4.17. The van der Waals surface area contributed by atoms with Crippen molar-refractivity contribution in [2.45, 2.75) is 109 Å². The Kier molecular flexibility index (Phi) is 13.0. The number of carbonyl (C=O) groups excluding carboxylic acids is 1. The van der Waals surface area contributed by atoms with E-state index >= 15 is 0 Å². The second-order valence-corrected chi connectivity index (χ2v) is 8.98. The third-order valence-electron chi connectivity index (χ3n) is 6.12. The van der Waals surface area contributed by atoms with Crippen LogP contribution in [0.5, 0.6) is 0 Å². The third kappa shape index (κ3) is 11.4. The highest BCUT2D eigenvalue weighted by Gasteiger charge is 2.05. The number of rotatable bonds is 17. The third-order valence-corrected chi connectivity index (χ3v) is 6.12. The lowest BCUT2D eigenvalue weighted by Gasteiger charge is -2.10. The van der Waals surface area contributed by atoms with E-state index in [1.807, 2.05) is 24.3 Å². The Morgan fingerprint density at radius 3 is 2.03 bits per heavy atom. The zero-order valence-electron chi connectivity index (χ0n) is 19.6. The molecule has 0 heterocycles. The molecule has 2 N–H and O–H groups in total. The minimum absolute atomic E-state index is 0.0855. The Bertz CT molecular complexity index is 743. The fraction of sp³-hybridized carbons (Fsp3) is 0.607. The smallest absolute Gasteiger partial charge is 0.224 e. The van der Waals surface area contributed by atoms with Crippen LogP contribution >= 0.6 is 0 Å². The molecule has 1 amide bonds. The van der Waals surface area contributed by atoms with Crippen molar-refractivity contribution in [3.63, 3.8) is 0 Å². The summed E-state index contributed by atoms with van der Waals surface area (Å²) in [6.07, 6.45) is 16.9. The van der Waals surface area contributed by atoms with Crippen LogP contribution in [-0.4, -0.2) is 17.1 Å². The average Bonchev–Trinajstić information content (AvgIpc) is 2.78. The first-order valence-corrected chi connectivity index (χ1v) is 12.7. The first-order valence-electron chi connectivity index (χ1n) is 12.7. The van der Waals surface area contributed by atoms with E-state index in [-0.39, 0.29) is 12.0 Å². The number of aliphatic hydroxyl groups is 1. The van der Waals surface area contributed by atoms with Crippen LogP contribution in [0.3, 0.4) is 0 Å². The van der Waals surface area contributed by atoms with Gasteiger partial charge >= 0.3 is 0 Å². The molecule has 0 aliphatic heterocycles. The van der Waals surface area contributed by atoms with Gasteiger partial charge in [0.1, 0.15) is 0 Å². The summed E-state index contributed by atoms with van der Waals surface area (Å²) in [6, 6.07) is 14.3. The van der Waals surface area contributed by atoms with Crippen LogP contribution in [0.2, 0.25) is 0 Å². The van der Waals surface area contributed by atoms with Crippen molar-refractivity contribution in [3.05, 3.63) is 42.5 Å². The lowest BCUT2D eigenvalue weighted by molar-refractivity contribution is -0.116. The molecule has 31 heavy (non-hydrogen) atoms. The largest absolute Gasteiger partial charge is 0.393 e. The maximum atomic E-state index is 12.2. The van der Waals surface area contributed by atoms with E-state index < -0.39 is 0 Å². The minimum atomic E-state index is -0.0855. The highest BCUT2D eigenvalue weighted by Crippen LogP contribution is 2.19. The first-order chi connectivity index (χ1) is 15.2. The Labute approximate surface area is 189 Å². The number of anilines is 1. The zero-order valence-corrected chi connectivity index (χ0v) is 19.6. The summed E-state index contributed by atoms with van der Waals surface area (Å²) in [5.41, 5.74) is 0.884. The molecule has 1 unspecified atom stereocenters. The second kappa shape index (κ2) is 15.9. The molecule has 172 valence electrons. The molecule has 2 rings (SSSR count). The van der Waals surface area contributed by atoms with Crippen molar-refractivity contribution in [1.29, 1.82) is 0 Å². The van der Waals surface area contributed by atoms with Gasteiger partial charge in [0, 0.05) is 12.1 Å². The molecule has 0 aromatic heterocycles. The Balaban J connectivity index is 1.41. The van der Waals surface area contributed by atoms with Gasteiger partial charge in [-0.15, -0.1) is 0 Å². The SMILES string of the molecule is CCCCCCC(O)CCCCCCCCCCC(=O)Nc1ccc2ccccc2c1. The Morgan fingerprint density at radius 2 is 1.35 bits per heavy atom. The molecule has 0 saturated heterocycles. The van der Waals surface area contributed by atoms with E-state index in [1.165, 1.54) is 63.2 Å². The van der Waals surface area contributed by atoms with Crippen LogP contribution in [0.25, 0.3) is 10.8 Å². The molecule has 0 fully saturated rings. The normalized spacial score (nSPS) is 12.2. The van der Waals surface area contributed by atoms with Crippen LogP contribution in [-0.2, 0) is 4.79 Å². The van der Waals surface area contributed by atoms with Gasteiger partial charge in [0.15, 0.2) is 0 Å². The standard InChI is InChI=1S/C28H43NO2/c1-2-3-4-11-18-27(30)19-12-9-7-5-6-8-10-13-20-28(31)29-26-22-21-24-16-14-15-17-25(24)23-26/h14-17,21-23,27,30H,2-13,18-20H2,1H3,(H,29,31). The molecule has 1 atom stereocenters. The van der Waals surface area contributed by atoms with E-state index in [9.17, 15) is 9.90 Å². The van der Waals surface area contributed by atoms with Gasteiger partial charge in [0.05, 0.1) is 6.10 Å². The summed E-state index contributed by atoms with van der Waals surface area (Å²) >= 11 is 0. The van der Waals surface area contributed by atoms with Crippen LogP contribution < -0.4 is 5.32 Å². The number of aliphatic hydroxyl groups excluding tert-OH is 1. The average molecular weight is 426 g/mol. The number of amides is 1. The molecule has 3 nitrogen and oxygen atoms in total. The van der Waals surface area contributed by atoms with E-state index in [1.54, 1.807) is 0 Å². The number of nitrogens with one attached hydrogen (secondary N) is 1. The second-order valence-electron chi connectivity index (χ2n) is 8.98. The quantitative estimate of drug-likeness (QED) is 0.252. The van der Waals surface area contributed by atoms with Gasteiger partial charge in [-0.25, -0.2) is 0 Å². The van der Waals surface area contributed by atoms with Crippen molar-refractivity contribution < 1.29 is 9.90 Å². The fourth-order valence-corrected chi connectivity index (χ4v) is 4.17. The summed E-state index contributed by atoms with van der Waals surface area (Å²) in [5.74, 6) is 0.114. The molecule has 0 saturated carbocycles. The highest BCUT2D eigenvalue weighted by atomic mass is 16.3. The summed E-state index contributed by atoms with van der Waals surface area (Å²) in [4.78, 5) is 12.2. The maximum absolute atomic E-state index is 12.2. The van der Waals surface area contributed by atoms with Gasteiger partial charge in [0.25, 0.3) is 0 Å². The topological polar surface area (TPSA) is 49.3 Å². The molecule has 0 aliphatic rings. The lowest BCUT2D eigenvalue weighted by Crippen LogP contribution is -2.10. The maximum Gasteiger partial charge on any atom is 0.224 e. The minimum Gasteiger partial charge on any atom is -0.393 e. The van der Waals surface area contributed by atoms with Crippen LogP contribution in [0.1, 0.15) is 103 Å². The van der Waals surface area contributed by atoms with Crippen LogP contribution in [0, 0.1) is 0 Å². The van der Waals surface area contributed by atoms with Crippen molar-refractivity contribution in [2.75, 3.05) is 5.32 Å². The number of hydrogen-bond acceptors (Lipinski definition) is 2. The van der Waals surface area contributed by atoms with Gasteiger partial charge in [0.2, 0.25) is 5.91 Å². The summed E-state index contributed by atoms with van der Waals surface area (Å²) in [7, 11) is 0. The molecule has 2 aromatic carbocycles. The molecule has 3 heteroatoms. The monoisotopic (exact) mass is 425 g/mol. The highest BCUT2D eigenvalue weighted by molar-refractivity contribution is 5.94. The molecule has 0 radical (unpaired) electrons. The number of fused-ring (bicyclic) bond motifs is 1. The lowest BCUT2D eigenvalue weighted by atomic mass is 10.0. The van der Waals surface area contributed by atoms with Gasteiger partial charge in [-0.1, -0.05) is 108 Å². The molecular weight excluding hydrogens is 382 g/mol. The summed E-state index contributed by atoms with van der Waals surface area (Å²) < 4.78 is 0. The van der Waals surface area contributed by atoms with Gasteiger partial charge in [-0.2, -0.15) is 0 Å². The zero-order chi connectivity index (χ0) is 22.2. The summed E-state index contributed by atoms with van der Waals surface area (Å²) in [5, 5.41) is 15.4. The number of hydrogen-bond donors (Lipinski definition) is 2.